The number of amides is 1. The number of carbonyl (C=O) groups excluding carboxylic acids is 1. The van der Waals surface area contributed by atoms with Crippen LogP contribution in [0.25, 0.3) is 0 Å². The molecule has 3 rings (SSSR count). The van der Waals surface area contributed by atoms with Crippen molar-refractivity contribution >= 4 is 17.2 Å². The number of nitrogens with zero attached hydrogens (tertiary/aromatic N) is 2. The van der Waals surface area contributed by atoms with Gasteiger partial charge in [0.2, 0.25) is 0 Å². The molecule has 1 aliphatic rings. The van der Waals surface area contributed by atoms with E-state index in [1.807, 2.05) is 0 Å². The molecule has 1 aromatic heterocycles. The quantitative estimate of drug-likeness (QED) is 0.436. The number of hydrogen-bond acceptors (Lipinski definition) is 8. The van der Waals surface area contributed by atoms with E-state index >= 15 is 0 Å². The zero-order chi connectivity index (χ0) is 23.1. The van der Waals surface area contributed by atoms with Gasteiger partial charge in [0.05, 0.1) is 19.3 Å². The van der Waals surface area contributed by atoms with Crippen molar-refractivity contribution in [3.8, 4) is 10.9 Å². The molecular formula is C19H21F4N3O5S. The highest BCUT2D eigenvalue weighted by molar-refractivity contribution is 7.13. The molecule has 0 saturated carbocycles. The molecule has 1 N–H and O–H groups in total. The van der Waals surface area contributed by atoms with Gasteiger partial charge in [0.25, 0.3) is 11.1 Å². The summed E-state index contributed by atoms with van der Waals surface area (Å²) in [5, 5.41) is 11.2. The zero-order valence-electron chi connectivity index (χ0n) is 17.0. The Balaban J connectivity index is 1.36. The third-order valence-corrected chi connectivity index (χ3v) is 5.35. The van der Waals surface area contributed by atoms with Crippen molar-refractivity contribution in [1.29, 1.82) is 0 Å². The second-order valence-electron chi connectivity index (χ2n) is 6.91. The van der Waals surface area contributed by atoms with Crippen molar-refractivity contribution in [2.24, 2.45) is 0 Å². The van der Waals surface area contributed by atoms with Crippen molar-refractivity contribution in [1.82, 2.24) is 15.5 Å². The van der Waals surface area contributed by atoms with Crippen LogP contribution in [0.3, 0.4) is 0 Å². The second kappa shape index (κ2) is 10.9. The van der Waals surface area contributed by atoms with Crippen LogP contribution in [0.5, 0.6) is 10.9 Å². The van der Waals surface area contributed by atoms with E-state index in [1.165, 1.54) is 6.07 Å². The monoisotopic (exact) mass is 479 g/mol. The minimum atomic E-state index is -4.71. The van der Waals surface area contributed by atoms with E-state index in [0.29, 0.717) is 23.4 Å². The van der Waals surface area contributed by atoms with Gasteiger partial charge in [0.15, 0.2) is 6.61 Å². The molecule has 2 aromatic rings. The van der Waals surface area contributed by atoms with Crippen molar-refractivity contribution in [2.45, 2.75) is 38.3 Å². The normalized spacial score (nSPS) is 18.9. The number of rotatable bonds is 9. The van der Waals surface area contributed by atoms with E-state index in [2.05, 4.69) is 20.3 Å². The Morgan fingerprint density at radius 1 is 1.25 bits per heavy atom. The molecule has 0 aliphatic carbocycles. The molecule has 8 nitrogen and oxygen atoms in total. The SMILES string of the molecule is Cc1ccc(OCC(=O)N[C@@H]2CC[C@@H](c3nnc(OCCOC(F)(F)F)s3)OC2)cc1F. The highest BCUT2D eigenvalue weighted by atomic mass is 32.1. The van der Waals surface area contributed by atoms with Crippen LogP contribution < -0.4 is 14.8 Å². The Labute approximate surface area is 184 Å². The average Bonchev–Trinajstić information content (AvgIpc) is 3.21. The minimum absolute atomic E-state index is 0.120. The average molecular weight is 479 g/mol. The van der Waals surface area contributed by atoms with Gasteiger partial charge in [0, 0.05) is 6.07 Å². The topological polar surface area (TPSA) is 91.8 Å². The standard InChI is InChI=1S/C19H21F4N3O5S/c1-11-2-4-13(8-14(11)20)29-10-16(27)24-12-3-5-15(30-9-12)17-25-26-18(32-17)28-6-7-31-19(21,22)23/h2,4,8,12,15H,3,5-7,9-10H2,1H3,(H,24,27)/t12-,15+/m1/s1. The van der Waals surface area contributed by atoms with E-state index < -0.39 is 18.8 Å². The van der Waals surface area contributed by atoms with Crippen LogP contribution in [0.15, 0.2) is 18.2 Å². The van der Waals surface area contributed by atoms with Gasteiger partial charge < -0.3 is 19.5 Å². The van der Waals surface area contributed by atoms with Gasteiger partial charge in [-0.2, -0.15) is 0 Å². The predicted octanol–water partition coefficient (Wildman–Crippen LogP) is 3.32. The Morgan fingerprint density at radius 2 is 2.06 bits per heavy atom. The van der Waals surface area contributed by atoms with Crippen LogP contribution in [0.2, 0.25) is 0 Å². The number of aromatic nitrogens is 2. The summed E-state index contributed by atoms with van der Waals surface area (Å²) in [6.45, 7) is 0.654. The van der Waals surface area contributed by atoms with E-state index in [1.54, 1.807) is 19.1 Å². The molecule has 1 amide bonds. The van der Waals surface area contributed by atoms with Crippen LogP contribution in [0, 0.1) is 12.7 Å². The Kier molecular flexibility index (Phi) is 8.21. The first-order valence-corrected chi connectivity index (χ1v) is 10.5. The largest absolute Gasteiger partial charge is 0.522 e. The number of halogens is 4. The maximum Gasteiger partial charge on any atom is 0.522 e. The lowest BCUT2D eigenvalue weighted by atomic mass is 10.1. The molecular weight excluding hydrogens is 458 g/mol. The first-order valence-electron chi connectivity index (χ1n) is 9.66. The molecule has 1 aliphatic heterocycles. The number of hydrogen-bond donors (Lipinski definition) is 1. The smallest absolute Gasteiger partial charge is 0.484 e. The molecule has 1 saturated heterocycles. The lowest BCUT2D eigenvalue weighted by Crippen LogP contribution is -2.43. The fraction of sp³-hybridized carbons (Fsp3) is 0.526. The molecule has 0 bridgehead atoms. The summed E-state index contributed by atoms with van der Waals surface area (Å²) in [7, 11) is 0. The summed E-state index contributed by atoms with van der Waals surface area (Å²) in [5.74, 6) is -0.498. The van der Waals surface area contributed by atoms with Gasteiger partial charge in [0.1, 0.15) is 29.3 Å². The second-order valence-corrected chi connectivity index (χ2v) is 7.88. The van der Waals surface area contributed by atoms with Gasteiger partial charge in [-0.25, -0.2) is 4.39 Å². The van der Waals surface area contributed by atoms with Crippen LogP contribution in [0.1, 0.15) is 29.5 Å². The van der Waals surface area contributed by atoms with E-state index in [-0.39, 0.29) is 48.8 Å². The summed E-state index contributed by atoms with van der Waals surface area (Å²) in [4.78, 5) is 12.1. The van der Waals surface area contributed by atoms with Crippen LogP contribution in [0.4, 0.5) is 17.6 Å². The van der Waals surface area contributed by atoms with Gasteiger partial charge in [-0.1, -0.05) is 22.5 Å². The number of carbonyl (C=O) groups is 1. The third kappa shape index (κ3) is 7.57. The summed E-state index contributed by atoms with van der Waals surface area (Å²) >= 11 is 1.08. The van der Waals surface area contributed by atoms with Crippen molar-refractivity contribution in [2.75, 3.05) is 26.4 Å². The highest BCUT2D eigenvalue weighted by Gasteiger charge is 2.29. The van der Waals surface area contributed by atoms with E-state index in [0.717, 1.165) is 11.3 Å². The van der Waals surface area contributed by atoms with E-state index in [9.17, 15) is 22.4 Å². The molecule has 0 radical (unpaired) electrons. The van der Waals surface area contributed by atoms with Crippen molar-refractivity contribution in [3.63, 3.8) is 0 Å². The van der Waals surface area contributed by atoms with Gasteiger partial charge in [-0.3, -0.25) is 9.53 Å². The number of nitrogens with one attached hydrogen (secondary N) is 1. The first-order chi connectivity index (χ1) is 15.2. The number of benzene rings is 1. The zero-order valence-corrected chi connectivity index (χ0v) is 17.8. The van der Waals surface area contributed by atoms with Gasteiger partial charge in [-0.15, -0.1) is 18.3 Å². The van der Waals surface area contributed by atoms with Crippen molar-refractivity contribution in [3.05, 3.63) is 34.6 Å². The number of aryl methyl sites for hydroxylation is 1. The summed E-state index contributed by atoms with van der Waals surface area (Å²) in [6.07, 6.45) is -3.88. The molecule has 2 heterocycles. The fourth-order valence-corrected chi connectivity index (χ4v) is 3.64. The van der Waals surface area contributed by atoms with Crippen LogP contribution in [-0.4, -0.2) is 54.9 Å². The van der Waals surface area contributed by atoms with Gasteiger partial charge >= 0.3 is 6.36 Å². The molecule has 0 spiro atoms. The number of ether oxygens (including phenoxy) is 4. The molecule has 2 atom stereocenters. The first kappa shape index (κ1) is 24.1. The molecule has 0 unspecified atom stereocenters. The summed E-state index contributed by atoms with van der Waals surface area (Å²) in [5.41, 5.74) is 0.486. The maximum atomic E-state index is 13.5. The van der Waals surface area contributed by atoms with Crippen molar-refractivity contribution < 1.29 is 41.3 Å². The van der Waals surface area contributed by atoms with Crippen LogP contribution in [-0.2, 0) is 14.3 Å². The predicted molar refractivity (Wildman–Crippen MR) is 104 cm³/mol. The molecule has 1 fully saturated rings. The molecule has 176 valence electrons. The Hall–Kier alpha value is -2.51. The summed E-state index contributed by atoms with van der Waals surface area (Å²) < 4.78 is 69.0. The fourth-order valence-electron chi connectivity index (χ4n) is 2.84. The molecule has 32 heavy (non-hydrogen) atoms. The maximum absolute atomic E-state index is 13.5. The Bertz CT molecular complexity index is 903. The van der Waals surface area contributed by atoms with E-state index in [4.69, 9.17) is 14.2 Å². The highest BCUT2D eigenvalue weighted by Crippen LogP contribution is 2.32. The molecule has 1 aromatic carbocycles. The molecule has 13 heteroatoms. The Morgan fingerprint density at radius 3 is 2.75 bits per heavy atom. The third-order valence-electron chi connectivity index (χ3n) is 4.43. The lowest BCUT2D eigenvalue weighted by molar-refractivity contribution is -0.325. The summed E-state index contributed by atoms with van der Waals surface area (Å²) in [6, 6.07) is 4.15. The number of alkyl halides is 3. The van der Waals surface area contributed by atoms with Crippen LogP contribution >= 0.6 is 11.3 Å². The lowest BCUT2D eigenvalue weighted by Gasteiger charge is -2.28. The minimum Gasteiger partial charge on any atom is -0.484 e. The van der Waals surface area contributed by atoms with Gasteiger partial charge in [-0.05, 0) is 31.4 Å².